The van der Waals surface area contributed by atoms with Gasteiger partial charge in [0.25, 0.3) is 0 Å². The zero-order valence-corrected chi connectivity index (χ0v) is 14.7. The first-order valence-corrected chi connectivity index (χ1v) is 9.56. The van der Waals surface area contributed by atoms with E-state index in [1.54, 1.807) is 12.1 Å². The van der Waals surface area contributed by atoms with Crippen LogP contribution in [0.25, 0.3) is 0 Å². The Bertz CT molecular complexity index is 643. The average molecular weight is 340 g/mol. The number of nitrogens with zero attached hydrogens (tertiary/aromatic N) is 2. The van der Waals surface area contributed by atoms with Crippen molar-refractivity contribution in [1.29, 1.82) is 0 Å². The average Bonchev–Trinajstić information content (AvgIpc) is 2.52. The van der Waals surface area contributed by atoms with Gasteiger partial charge in [0.1, 0.15) is 0 Å². The summed E-state index contributed by atoms with van der Waals surface area (Å²) in [6, 6.07) is 7.32. The minimum absolute atomic E-state index is 0.184. The van der Waals surface area contributed by atoms with Gasteiger partial charge in [-0.1, -0.05) is 0 Å². The van der Waals surface area contributed by atoms with Gasteiger partial charge in [-0.05, 0) is 31.2 Å². The molecule has 0 spiro atoms. The van der Waals surface area contributed by atoms with Gasteiger partial charge in [-0.2, -0.15) is 0 Å². The molecule has 0 radical (unpaired) electrons. The van der Waals surface area contributed by atoms with Gasteiger partial charge in [-0.15, -0.1) is 0 Å². The Labute approximate surface area is 137 Å². The predicted molar refractivity (Wildman–Crippen MR) is 89.4 cm³/mol. The predicted octanol–water partition coefficient (Wildman–Crippen LogP) is 1.16. The summed E-state index contributed by atoms with van der Waals surface area (Å²) in [4.78, 5) is 16.1. The highest BCUT2D eigenvalue weighted by molar-refractivity contribution is 7.90. The molecule has 6 nitrogen and oxygen atoms in total. The normalized spacial score (nSPS) is 19.6. The van der Waals surface area contributed by atoms with Crippen LogP contribution in [-0.2, 0) is 19.4 Å². The van der Waals surface area contributed by atoms with Crippen LogP contribution < -0.4 is 4.90 Å². The summed E-state index contributed by atoms with van der Waals surface area (Å²) >= 11 is 0. The molecule has 0 aromatic heterocycles. The Balaban J connectivity index is 1.97. The number of esters is 1. The fourth-order valence-corrected chi connectivity index (χ4v) is 3.49. The van der Waals surface area contributed by atoms with Gasteiger partial charge in [-0.3, -0.25) is 9.69 Å². The van der Waals surface area contributed by atoms with E-state index in [1.165, 1.54) is 13.4 Å². The fraction of sp³-hybridized carbons (Fsp3) is 0.562. The number of carbonyl (C=O) groups excluding carboxylic acids is 1. The van der Waals surface area contributed by atoms with E-state index in [-0.39, 0.29) is 5.97 Å². The number of ether oxygens (including phenoxy) is 1. The first kappa shape index (κ1) is 17.7. The second-order valence-corrected chi connectivity index (χ2v) is 7.95. The van der Waals surface area contributed by atoms with Gasteiger partial charge in [0.2, 0.25) is 0 Å². The monoisotopic (exact) mass is 340 g/mol. The zero-order valence-electron chi connectivity index (χ0n) is 13.9. The third-order valence-corrected chi connectivity index (χ3v) is 5.30. The van der Waals surface area contributed by atoms with Crippen LogP contribution in [0, 0.1) is 0 Å². The summed E-state index contributed by atoms with van der Waals surface area (Å²) in [5, 5.41) is 0. The third kappa shape index (κ3) is 4.68. The van der Waals surface area contributed by atoms with Crippen LogP contribution in [-0.4, -0.2) is 64.9 Å². The first-order chi connectivity index (χ1) is 10.8. The first-order valence-electron chi connectivity index (χ1n) is 7.67. The number of hydrogen-bond donors (Lipinski definition) is 0. The lowest BCUT2D eigenvalue weighted by Gasteiger charge is -2.41. The summed E-state index contributed by atoms with van der Waals surface area (Å²) in [5.41, 5.74) is 1.03. The molecule has 1 heterocycles. The molecule has 0 aliphatic carbocycles. The van der Waals surface area contributed by atoms with Crippen molar-refractivity contribution in [3.63, 3.8) is 0 Å². The Morgan fingerprint density at radius 2 is 1.91 bits per heavy atom. The summed E-state index contributed by atoms with van der Waals surface area (Å²) in [6.07, 6.45) is 1.62. The summed E-state index contributed by atoms with van der Waals surface area (Å²) in [6.45, 7) is 5.42. The minimum Gasteiger partial charge on any atom is -0.469 e. The molecule has 128 valence electrons. The van der Waals surface area contributed by atoms with E-state index >= 15 is 0 Å². The van der Waals surface area contributed by atoms with Crippen LogP contribution in [0.1, 0.15) is 13.3 Å². The molecule has 0 saturated carbocycles. The van der Waals surface area contributed by atoms with Gasteiger partial charge >= 0.3 is 5.97 Å². The number of rotatable bonds is 5. The van der Waals surface area contributed by atoms with Gasteiger partial charge in [0.15, 0.2) is 9.84 Å². The lowest BCUT2D eigenvalue weighted by Crippen LogP contribution is -2.52. The molecule has 1 aliphatic heterocycles. The van der Waals surface area contributed by atoms with E-state index in [0.29, 0.717) is 23.9 Å². The van der Waals surface area contributed by atoms with Crippen LogP contribution >= 0.6 is 0 Å². The van der Waals surface area contributed by atoms with Crippen molar-refractivity contribution in [2.75, 3.05) is 44.4 Å². The fourth-order valence-electron chi connectivity index (χ4n) is 2.86. The number of anilines is 1. The lowest BCUT2D eigenvalue weighted by atomic mass is 10.1. The molecular weight excluding hydrogens is 316 g/mol. The molecule has 1 aliphatic rings. The second-order valence-electron chi connectivity index (χ2n) is 5.94. The van der Waals surface area contributed by atoms with Gasteiger partial charge in [-0.25, -0.2) is 8.42 Å². The van der Waals surface area contributed by atoms with E-state index in [2.05, 4.69) is 21.5 Å². The molecule has 7 heteroatoms. The Morgan fingerprint density at radius 3 is 2.43 bits per heavy atom. The molecule has 1 atom stereocenters. The maximum atomic E-state index is 11.5. The molecule has 0 bridgehead atoms. The van der Waals surface area contributed by atoms with Gasteiger partial charge < -0.3 is 9.64 Å². The van der Waals surface area contributed by atoms with Crippen LogP contribution in [0.15, 0.2) is 29.2 Å². The quantitative estimate of drug-likeness (QED) is 0.750. The standard InChI is InChI=1S/C16H24N2O4S/c1-13-12-17(9-8-16(19)22-2)10-11-18(13)14-4-6-15(7-5-14)23(3,20)21/h4-7,13H,8-12H2,1-3H3. The second kappa shape index (κ2) is 7.31. The van der Waals surface area contributed by atoms with Crippen LogP contribution in [0.4, 0.5) is 5.69 Å². The molecule has 23 heavy (non-hydrogen) atoms. The van der Waals surface area contributed by atoms with Gasteiger partial charge in [0.05, 0.1) is 18.4 Å². The van der Waals surface area contributed by atoms with Crippen molar-refractivity contribution in [3.05, 3.63) is 24.3 Å². The van der Waals surface area contributed by atoms with Crippen LogP contribution in [0.5, 0.6) is 0 Å². The molecular formula is C16H24N2O4S. The SMILES string of the molecule is COC(=O)CCN1CCN(c2ccc(S(C)(=O)=O)cc2)C(C)C1. The Kier molecular flexibility index (Phi) is 5.64. The highest BCUT2D eigenvalue weighted by Crippen LogP contribution is 2.22. The van der Waals surface area contributed by atoms with E-state index in [0.717, 1.165) is 25.3 Å². The van der Waals surface area contributed by atoms with E-state index in [1.807, 2.05) is 12.1 Å². The highest BCUT2D eigenvalue weighted by Gasteiger charge is 2.24. The molecule has 0 N–H and O–H groups in total. The summed E-state index contributed by atoms with van der Waals surface area (Å²) < 4.78 is 27.7. The summed E-state index contributed by atoms with van der Waals surface area (Å²) in [7, 11) is -1.76. The zero-order chi connectivity index (χ0) is 17.0. The van der Waals surface area contributed by atoms with Gasteiger partial charge in [0, 0.05) is 44.2 Å². The van der Waals surface area contributed by atoms with Crippen molar-refractivity contribution in [3.8, 4) is 0 Å². The largest absolute Gasteiger partial charge is 0.469 e. The summed E-state index contributed by atoms with van der Waals surface area (Å²) in [5.74, 6) is -0.184. The number of benzene rings is 1. The van der Waals surface area contributed by atoms with Crippen LogP contribution in [0.3, 0.4) is 0 Å². The van der Waals surface area contributed by atoms with Crippen LogP contribution in [0.2, 0.25) is 0 Å². The highest BCUT2D eigenvalue weighted by atomic mass is 32.2. The molecule has 1 aromatic rings. The van der Waals surface area contributed by atoms with Crippen molar-refractivity contribution in [2.45, 2.75) is 24.3 Å². The molecule has 1 aromatic carbocycles. The molecule has 0 amide bonds. The molecule has 1 saturated heterocycles. The maximum Gasteiger partial charge on any atom is 0.306 e. The Hall–Kier alpha value is -1.60. The Morgan fingerprint density at radius 1 is 1.26 bits per heavy atom. The number of hydrogen-bond acceptors (Lipinski definition) is 6. The molecule has 2 rings (SSSR count). The van der Waals surface area contributed by atoms with E-state index in [4.69, 9.17) is 0 Å². The van der Waals surface area contributed by atoms with E-state index < -0.39 is 9.84 Å². The van der Waals surface area contributed by atoms with Crippen molar-refractivity contribution >= 4 is 21.5 Å². The lowest BCUT2D eigenvalue weighted by molar-refractivity contribution is -0.141. The minimum atomic E-state index is -3.16. The number of sulfone groups is 1. The number of carbonyl (C=O) groups is 1. The molecule has 1 unspecified atom stereocenters. The van der Waals surface area contributed by atoms with Crippen molar-refractivity contribution in [1.82, 2.24) is 4.90 Å². The molecule has 1 fully saturated rings. The number of methoxy groups -OCH3 is 1. The van der Waals surface area contributed by atoms with Crippen molar-refractivity contribution < 1.29 is 17.9 Å². The number of piperazine rings is 1. The van der Waals surface area contributed by atoms with Crippen molar-refractivity contribution in [2.24, 2.45) is 0 Å². The topological polar surface area (TPSA) is 66.9 Å². The van der Waals surface area contributed by atoms with E-state index in [9.17, 15) is 13.2 Å². The maximum absolute atomic E-state index is 11.5. The third-order valence-electron chi connectivity index (χ3n) is 4.17. The smallest absolute Gasteiger partial charge is 0.306 e.